The van der Waals surface area contributed by atoms with E-state index in [1.807, 2.05) is 37.3 Å². The molecule has 136 valence electrons. The van der Waals surface area contributed by atoms with Gasteiger partial charge in [-0.15, -0.1) is 0 Å². The molecular formula is C21H24N2O3. The largest absolute Gasteiger partial charge is 0.485 e. The van der Waals surface area contributed by atoms with Crippen molar-refractivity contribution in [2.45, 2.75) is 39.2 Å². The van der Waals surface area contributed by atoms with E-state index in [2.05, 4.69) is 43.4 Å². The van der Waals surface area contributed by atoms with Gasteiger partial charge in [-0.1, -0.05) is 57.2 Å². The molecule has 5 heteroatoms. The van der Waals surface area contributed by atoms with E-state index >= 15 is 0 Å². The van der Waals surface area contributed by atoms with Crippen LogP contribution in [0.4, 0.5) is 0 Å². The fourth-order valence-corrected chi connectivity index (χ4v) is 2.64. The minimum Gasteiger partial charge on any atom is -0.485 e. The summed E-state index contributed by atoms with van der Waals surface area (Å²) >= 11 is 0. The number of carbonyl (C=O) groups is 1. The Hall–Kier alpha value is -2.82. The van der Waals surface area contributed by atoms with Gasteiger partial charge in [0.15, 0.2) is 11.5 Å². The average Bonchev–Trinajstić information content (AvgIpc) is 2.64. The van der Waals surface area contributed by atoms with Gasteiger partial charge in [0.25, 0.3) is 5.91 Å². The maximum absolute atomic E-state index is 12.3. The lowest BCUT2D eigenvalue weighted by molar-refractivity contribution is -0.130. The van der Waals surface area contributed by atoms with Crippen molar-refractivity contribution in [3.8, 4) is 11.5 Å². The topological polar surface area (TPSA) is 59.9 Å². The minimum atomic E-state index is -0.718. The minimum absolute atomic E-state index is 0.104. The zero-order valence-corrected chi connectivity index (χ0v) is 15.6. The maximum Gasteiger partial charge on any atom is 0.284 e. The van der Waals surface area contributed by atoms with E-state index < -0.39 is 6.10 Å². The van der Waals surface area contributed by atoms with Crippen LogP contribution in [0.1, 0.15) is 38.8 Å². The molecule has 1 heterocycles. The van der Waals surface area contributed by atoms with Crippen LogP contribution in [0.3, 0.4) is 0 Å². The molecule has 1 N–H and O–H groups in total. The normalized spacial score (nSPS) is 16.9. The number of benzene rings is 2. The average molecular weight is 352 g/mol. The fraction of sp³-hybridized carbons (Fsp3) is 0.333. The van der Waals surface area contributed by atoms with E-state index in [1.54, 1.807) is 6.07 Å². The second-order valence-corrected chi connectivity index (χ2v) is 7.36. The summed E-state index contributed by atoms with van der Waals surface area (Å²) in [6, 6.07) is 15.5. The van der Waals surface area contributed by atoms with Crippen LogP contribution in [0.5, 0.6) is 11.5 Å². The molecule has 0 radical (unpaired) electrons. The van der Waals surface area contributed by atoms with Gasteiger partial charge in [0.05, 0.1) is 5.71 Å². The number of hydrogen-bond donors (Lipinski definition) is 1. The Balaban J connectivity index is 1.63. The first-order chi connectivity index (χ1) is 12.3. The van der Waals surface area contributed by atoms with E-state index in [0.717, 1.165) is 11.3 Å². The Labute approximate surface area is 154 Å². The molecule has 0 aliphatic carbocycles. The maximum atomic E-state index is 12.3. The highest BCUT2D eigenvalue weighted by Crippen LogP contribution is 2.30. The van der Waals surface area contributed by atoms with Crippen molar-refractivity contribution in [1.29, 1.82) is 0 Å². The van der Waals surface area contributed by atoms with Crippen LogP contribution in [-0.2, 0) is 10.2 Å². The third-order valence-corrected chi connectivity index (χ3v) is 4.30. The molecule has 3 rings (SSSR count). The summed E-state index contributed by atoms with van der Waals surface area (Å²) in [5.74, 6) is 0.887. The Morgan fingerprint density at radius 2 is 1.73 bits per heavy atom. The van der Waals surface area contributed by atoms with Gasteiger partial charge in [-0.2, -0.15) is 5.10 Å². The van der Waals surface area contributed by atoms with Crippen molar-refractivity contribution in [3.05, 3.63) is 59.7 Å². The van der Waals surface area contributed by atoms with Crippen LogP contribution < -0.4 is 14.9 Å². The standard InChI is InChI=1S/C21H24N2O3/c1-14(15-9-11-16(12-10-15)21(2,3)4)22-23-20(24)19-13-25-17-7-5-6-8-18(17)26-19/h5-12,19H,13H2,1-4H3,(H,23,24)/b22-14-/t19-/m1/s1. The number of nitrogens with zero attached hydrogens (tertiary/aromatic N) is 1. The van der Waals surface area contributed by atoms with Gasteiger partial charge in [-0.3, -0.25) is 4.79 Å². The molecule has 0 spiro atoms. The molecule has 1 amide bonds. The summed E-state index contributed by atoms with van der Waals surface area (Å²) < 4.78 is 11.2. The van der Waals surface area contributed by atoms with Gasteiger partial charge in [0.2, 0.25) is 6.10 Å². The van der Waals surface area contributed by atoms with Crippen LogP contribution in [0.15, 0.2) is 53.6 Å². The predicted octanol–water partition coefficient (Wildman–Crippen LogP) is 3.66. The summed E-state index contributed by atoms with van der Waals surface area (Å²) in [6.45, 7) is 8.55. The van der Waals surface area contributed by atoms with Crippen molar-refractivity contribution in [1.82, 2.24) is 5.43 Å². The summed E-state index contributed by atoms with van der Waals surface area (Å²) in [4.78, 5) is 12.3. The van der Waals surface area contributed by atoms with Gasteiger partial charge in [-0.05, 0) is 35.6 Å². The van der Waals surface area contributed by atoms with Crippen LogP contribution in [-0.4, -0.2) is 24.3 Å². The lowest BCUT2D eigenvalue weighted by atomic mass is 9.86. The van der Waals surface area contributed by atoms with Crippen molar-refractivity contribution in [3.63, 3.8) is 0 Å². The number of hydrogen-bond acceptors (Lipinski definition) is 4. The SMILES string of the molecule is C/C(=N/NC(=O)[C@H]1COc2ccccc2O1)c1ccc(C(C)(C)C)cc1. The molecule has 1 aliphatic rings. The summed E-state index contributed by atoms with van der Waals surface area (Å²) in [7, 11) is 0. The van der Waals surface area contributed by atoms with Crippen molar-refractivity contribution < 1.29 is 14.3 Å². The Morgan fingerprint density at radius 1 is 1.08 bits per heavy atom. The first-order valence-corrected chi connectivity index (χ1v) is 8.68. The number of rotatable bonds is 3. The smallest absolute Gasteiger partial charge is 0.284 e. The molecule has 0 fully saturated rings. The summed E-state index contributed by atoms with van der Waals surface area (Å²) in [5, 5.41) is 4.20. The molecule has 2 aromatic rings. The highest BCUT2D eigenvalue weighted by Gasteiger charge is 2.27. The number of nitrogens with one attached hydrogen (secondary N) is 1. The van der Waals surface area contributed by atoms with Crippen LogP contribution in [0.25, 0.3) is 0 Å². The van der Waals surface area contributed by atoms with Gasteiger partial charge in [0, 0.05) is 0 Å². The number of amides is 1. The summed E-state index contributed by atoms with van der Waals surface area (Å²) in [6.07, 6.45) is -0.718. The van der Waals surface area contributed by atoms with E-state index in [-0.39, 0.29) is 17.9 Å². The van der Waals surface area contributed by atoms with E-state index in [4.69, 9.17) is 9.47 Å². The number of para-hydroxylation sites is 2. The molecular weight excluding hydrogens is 328 g/mol. The van der Waals surface area contributed by atoms with Crippen LogP contribution in [0.2, 0.25) is 0 Å². The second-order valence-electron chi connectivity index (χ2n) is 7.36. The number of carbonyl (C=O) groups excluding carboxylic acids is 1. The molecule has 26 heavy (non-hydrogen) atoms. The summed E-state index contributed by atoms with van der Waals surface area (Å²) in [5.41, 5.74) is 5.62. The second kappa shape index (κ2) is 7.20. The lowest BCUT2D eigenvalue weighted by Crippen LogP contribution is -2.42. The van der Waals surface area contributed by atoms with Crippen molar-refractivity contribution in [2.75, 3.05) is 6.61 Å². The molecule has 5 nitrogen and oxygen atoms in total. The van der Waals surface area contributed by atoms with Gasteiger partial charge in [0.1, 0.15) is 6.61 Å². The highest BCUT2D eigenvalue weighted by atomic mass is 16.6. The first-order valence-electron chi connectivity index (χ1n) is 8.68. The third kappa shape index (κ3) is 4.04. The van der Waals surface area contributed by atoms with Crippen molar-refractivity contribution in [2.24, 2.45) is 5.10 Å². The zero-order valence-electron chi connectivity index (χ0n) is 15.6. The Kier molecular flexibility index (Phi) is 4.98. The quantitative estimate of drug-likeness (QED) is 0.677. The fourth-order valence-electron chi connectivity index (χ4n) is 2.64. The molecule has 1 aliphatic heterocycles. The van der Waals surface area contributed by atoms with E-state index in [1.165, 1.54) is 5.56 Å². The van der Waals surface area contributed by atoms with Gasteiger partial charge < -0.3 is 9.47 Å². The highest BCUT2D eigenvalue weighted by molar-refractivity contribution is 5.99. The molecule has 0 saturated heterocycles. The number of hydrazone groups is 1. The van der Waals surface area contributed by atoms with Crippen LogP contribution >= 0.6 is 0 Å². The molecule has 0 bridgehead atoms. The third-order valence-electron chi connectivity index (χ3n) is 4.30. The Morgan fingerprint density at radius 3 is 2.38 bits per heavy atom. The zero-order chi connectivity index (χ0) is 18.7. The Bertz CT molecular complexity index is 820. The number of fused-ring (bicyclic) bond motifs is 1. The van der Waals surface area contributed by atoms with Gasteiger partial charge in [-0.25, -0.2) is 5.43 Å². The predicted molar refractivity (Wildman–Crippen MR) is 102 cm³/mol. The van der Waals surface area contributed by atoms with E-state index in [9.17, 15) is 4.79 Å². The van der Waals surface area contributed by atoms with E-state index in [0.29, 0.717) is 11.5 Å². The molecule has 0 unspecified atom stereocenters. The monoisotopic (exact) mass is 352 g/mol. The van der Waals surface area contributed by atoms with Crippen LogP contribution in [0, 0.1) is 0 Å². The van der Waals surface area contributed by atoms with Gasteiger partial charge >= 0.3 is 0 Å². The lowest BCUT2D eigenvalue weighted by Gasteiger charge is -2.24. The molecule has 1 atom stereocenters. The molecule has 2 aromatic carbocycles. The molecule has 0 saturated carbocycles. The first kappa shape index (κ1) is 18.0. The molecule has 0 aromatic heterocycles. The number of ether oxygens (including phenoxy) is 2. The van der Waals surface area contributed by atoms with Crippen molar-refractivity contribution >= 4 is 11.6 Å².